The van der Waals surface area contributed by atoms with Crippen molar-refractivity contribution in [1.29, 1.82) is 0 Å². The zero-order valence-corrected chi connectivity index (χ0v) is 14.2. The minimum Gasteiger partial charge on any atom is -0.351 e. The molecule has 2 N–H and O–H groups in total. The Bertz CT molecular complexity index is 712. The number of carbonyl (C=O) groups is 1. The molecule has 1 aromatic heterocycles. The van der Waals surface area contributed by atoms with E-state index in [4.69, 9.17) is 0 Å². The van der Waals surface area contributed by atoms with Gasteiger partial charge in [-0.05, 0) is 37.5 Å². The number of rotatable bonds is 2. The number of nitrogens with one attached hydrogen (secondary N) is 2. The number of hydrogen-bond donors (Lipinski definition) is 2. The van der Waals surface area contributed by atoms with Crippen LogP contribution in [0, 0.1) is 6.92 Å². The third-order valence-corrected chi connectivity index (χ3v) is 7.90. The smallest absolute Gasteiger partial charge is 0.267 e. The molecule has 2 heterocycles. The van der Waals surface area contributed by atoms with Gasteiger partial charge >= 0.3 is 0 Å². The zero-order chi connectivity index (χ0) is 15.1. The maximum atomic E-state index is 12.6. The number of hydrogen-bond acceptors (Lipinski definition) is 3. The number of carbonyl (C=O) groups excluding carboxylic acids is 1. The molecule has 0 radical (unpaired) electrons. The SMILES string of the molecule is Cc1ccc2cc(C(=O)N[C@@H]3CC[C@@H]4SCCS[C@@H]43)[nH]c2c1. The predicted molar refractivity (Wildman–Crippen MR) is 96.0 cm³/mol. The Hall–Kier alpha value is -1.07. The molecule has 1 aliphatic heterocycles. The zero-order valence-electron chi connectivity index (χ0n) is 12.6. The molecule has 0 spiro atoms. The van der Waals surface area contributed by atoms with E-state index in [1.165, 1.54) is 23.5 Å². The summed E-state index contributed by atoms with van der Waals surface area (Å²) in [5.41, 5.74) is 2.92. The van der Waals surface area contributed by atoms with E-state index >= 15 is 0 Å². The molecule has 0 bridgehead atoms. The third-order valence-electron chi connectivity index (χ3n) is 4.59. The average Bonchev–Trinajstić information content (AvgIpc) is 3.11. The monoisotopic (exact) mass is 332 g/mol. The number of benzene rings is 1. The summed E-state index contributed by atoms with van der Waals surface area (Å²) in [7, 11) is 0. The summed E-state index contributed by atoms with van der Waals surface area (Å²) in [6.07, 6.45) is 2.35. The van der Waals surface area contributed by atoms with E-state index < -0.39 is 0 Å². The van der Waals surface area contributed by atoms with E-state index in [0.717, 1.165) is 22.6 Å². The van der Waals surface area contributed by atoms with Gasteiger partial charge in [0.1, 0.15) is 5.69 Å². The Morgan fingerprint density at radius 2 is 2.09 bits per heavy atom. The van der Waals surface area contributed by atoms with Crippen molar-refractivity contribution in [2.24, 2.45) is 0 Å². The number of thioether (sulfide) groups is 2. The van der Waals surface area contributed by atoms with Crippen LogP contribution in [-0.2, 0) is 0 Å². The Kier molecular flexibility index (Phi) is 3.86. The minimum absolute atomic E-state index is 0.0377. The van der Waals surface area contributed by atoms with Crippen molar-refractivity contribution >= 4 is 40.3 Å². The maximum Gasteiger partial charge on any atom is 0.267 e. The molecule has 1 aliphatic carbocycles. The molecule has 22 heavy (non-hydrogen) atoms. The quantitative estimate of drug-likeness (QED) is 0.883. The van der Waals surface area contributed by atoms with Gasteiger partial charge in [-0.3, -0.25) is 4.79 Å². The molecule has 1 aromatic carbocycles. The van der Waals surface area contributed by atoms with E-state index in [1.807, 2.05) is 17.8 Å². The van der Waals surface area contributed by atoms with Crippen molar-refractivity contribution in [3.05, 3.63) is 35.5 Å². The number of fused-ring (bicyclic) bond motifs is 2. The summed E-state index contributed by atoms with van der Waals surface area (Å²) in [6.45, 7) is 2.07. The van der Waals surface area contributed by atoms with Gasteiger partial charge in [0.15, 0.2) is 0 Å². The van der Waals surface area contributed by atoms with Gasteiger partial charge in [-0.2, -0.15) is 23.5 Å². The molecule has 116 valence electrons. The van der Waals surface area contributed by atoms with Crippen LogP contribution in [-0.4, -0.2) is 38.9 Å². The third kappa shape index (κ3) is 2.65. The second kappa shape index (κ2) is 5.85. The largest absolute Gasteiger partial charge is 0.351 e. The number of aryl methyl sites for hydroxylation is 1. The van der Waals surface area contributed by atoms with Crippen LogP contribution in [0.3, 0.4) is 0 Å². The van der Waals surface area contributed by atoms with E-state index in [2.05, 4.69) is 47.2 Å². The fourth-order valence-electron chi connectivity index (χ4n) is 3.48. The van der Waals surface area contributed by atoms with Gasteiger partial charge in [0.25, 0.3) is 5.91 Å². The highest BCUT2D eigenvalue weighted by molar-refractivity contribution is 8.07. The summed E-state index contributed by atoms with van der Waals surface area (Å²) in [5, 5.41) is 5.69. The van der Waals surface area contributed by atoms with Gasteiger partial charge in [-0.1, -0.05) is 12.1 Å². The van der Waals surface area contributed by atoms with E-state index in [-0.39, 0.29) is 5.91 Å². The lowest BCUT2D eigenvalue weighted by Crippen LogP contribution is -2.42. The van der Waals surface area contributed by atoms with Crippen molar-refractivity contribution in [2.75, 3.05) is 11.5 Å². The number of aromatic nitrogens is 1. The second-order valence-electron chi connectivity index (χ2n) is 6.18. The average molecular weight is 332 g/mol. The van der Waals surface area contributed by atoms with E-state index in [0.29, 0.717) is 17.0 Å². The van der Waals surface area contributed by atoms with Gasteiger partial charge in [0, 0.05) is 39.0 Å². The second-order valence-corrected chi connectivity index (χ2v) is 8.81. The fraction of sp³-hybridized carbons (Fsp3) is 0.471. The standard InChI is InChI=1S/C17H20N2OS2/c1-10-2-3-11-9-14(18-13(11)8-10)17(20)19-12-4-5-15-16(12)22-7-6-21-15/h2-3,8-9,12,15-16,18H,4-7H2,1H3,(H,19,20)/t12-,15+,16-/m1/s1. The van der Waals surface area contributed by atoms with Crippen LogP contribution in [0.15, 0.2) is 24.3 Å². The summed E-state index contributed by atoms with van der Waals surface area (Å²) in [4.78, 5) is 15.8. The van der Waals surface area contributed by atoms with Crippen molar-refractivity contribution < 1.29 is 4.79 Å². The molecule has 2 fully saturated rings. The maximum absolute atomic E-state index is 12.6. The molecular weight excluding hydrogens is 312 g/mol. The van der Waals surface area contributed by atoms with Crippen LogP contribution in [0.1, 0.15) is 28.9 Å². The van der Waals surface area contributed by atoms with Gasteiger partial charge in [0.05, 0.1) is 0 Å². The van der Waals surface area contributed by atoms with Crippen LogP contribution in [0.25, 0.3) is 10.9 Å². The molecule has 1 saturated heterocycles. The Morgan fingerprint density at radius 3 is 3.00 bits per heavy atom. The number of amides is 1. The van der Waals surface area contributed by atoms with E-state index in [9.17, 15) is 4.79 Å². The Balaban J connectivity index is 1.51. The fourth-order valence-corrected chi connectivity index (χ4v) is 6.77. The van der Waals surface area contributed by atoms with E-state index in [1.54, 1.807) is 0 Å². The van der Waals surface area contributed by atoms with Crippen LogP contribution < -0.4 is 5.32 Å². The van der Waals surface area contributed by atoms with Gasteiger partial charge < -0.3 is 10.3 Å². The summed E-state index contributed by atoms with van der Waals surface area (Å²) in [6, 6.07) is 8.51. The first-order valence-electron chi connectivity index (χ1n) is 7.84. The first-order chi connectivity index (χ1) is 10.7. The number of H-pyrrole nitrogens is 1. The first kappa shape index (κ1) is 14.5. The van der Waals surface area contributed by atoms with Crippen molar-refractivity contribution in [3.63, 3.8) is 0 Å². The number of aromatic amines is 1. The highest BCUT2D eigenvalue weighted by Crippen LogP contribution is 2.42. The molecule has 2 aliphatic rings. The molecule has 3 nitrogen and oxygen atoms in total. The van der Waals surface area contributed by atoms with Gasteiger partial charge in [-0.15, -0.1) is 0 Å². The molecule has 1 saturated carbocycles. The topological polar surface area (TPSA) is 44.9 Å². The lowest BCUT2D eigenvalue weighted by molar-refractivity contribution is 0.0934. The van der Waals surface area contributed by atoms with Gasteiger partial charge in [0.2, 0.25) is 0 Å². The molecule has 2 aromatic rings. The molecule has 0 unspecified atom stereocenters. The normalized spacial score (nSPS) is 27.8. The van der Waals surface area contributed by atoms with Crippen molar-refractivity contribution in [2.45, 2.75) is 36.3 Å². The molecule has 4 rings (SSSR count). The molecule has 5 heteroatoms. The first-order valence-corrected chi connectivity index (χ1v) is 9.94. The summed E-state index contributed by atoms with van der Waals surface area (Å²) >= 11 is 4.13. The van der Waals surface area contributed by atoms with Gasteiger partial charge in [-0.25, -0.2) is 0 Å². The Morgan fingerprint density at radius 1 is 1.23 bits per heavy atom. The minimum atomic E-state index is 0.0377. The van der Waals surface area contributed by atoms with Crippen LogP contribution in [0.2, 0.25) is 0 Å². The molecule has 1 amide bonds. The Labute approximate surface area is 139 Å². The van der Waals surface area contributed by atoms with Crippen molar-refractivity contribution in [3.8, 4) is 0 Å². The van der Waals surface area contributed by atoms with Crippen LogP contribution in [0.5, 0.6) is 0 Å². The highest BCUT2D eigenvalue weighted by atomic mass is 32.2. The predicted octanol–water partition coefficient (Wildman–Crippen LogP) is 3.59. The van der Waals surface area contributed by atoms with Crippen LogP contribution in [0.4, 0.5) is 0 Å². The van der Waals surface area contributed by atoms with Crippen molar-refractivity contribution in [1.82, 2.24) is 10.3 Å². The summed E-state index contributed by atoms with van der Waals surface area (Å²) < 4.78 is 0. The van der Waals surface area contributed by atoms with Crippen LogP contribution >= 0.6 is 23.5 Å². The molecule has 3 atom stereocenters. The summed E-state index contributed by atoms with van der Waals surface area (Å²) in [5.74, 6) is 2.51. The lowest BCUT2D eigenvalue weighted by atomic mass is 10.2. The highest BCUT2D eigenvalue weighted by Gasteiger charge is 2.39. The lowest BCUT2D eigenvalue weighted by Gasteiger charge is -2.28. The molecular formula is C17H20N2OS2.